The van der Waals surface area contributed by atoms with Gasteiger partial charge in [-0.15, -0.1) is 0 Å². The maximum absolute atomic E-state index is 12.3. The molecule has 8 nitrogen and oxygen atoms in total. The summed E-state index contributed by atoms with van der Waals surface area (Å²) in [5.74, 6) is 1.66. The largest absolute Gasteiger partial charge is 0.493 e. The number of nitrogens with two attached hydrogens (primary N) is 1. The number of hydrogen-bond acceptors (Lipinski definition) is 8. The molecule has 1 aliphatic heterocycles. The summed E-state index contributed by atoms with van der Waals surface area (Å²) in [6.45, 7) is 0.441. The number of ether oxygens (including phenoxy) is 3. The first kappa shape index (κ1) is 18.5. The van der Waals surface area contributed by atoms with Crippen molar-refractivity contribution in [3.63, 3.8) is 0 Å². The van der Waals surface area contributed by atoms with Crippen LogP contribution in [0.5, 0.6) is 17.2 Å². The van der Waals surface area contributed by atoms with E-state index in [1.54, 1.807) is 11.0 Å². The van der Waals surface area contributed by atoms with Crippen molar-refractivity contribution in [3.8, 4) is 17.2 Å². The number of fused-ring (bicyclic) bond motifs is 1. The molecule has 3 rings (SSSR count). The van der Waals surface area contributed by atoms with Gasteiger partial charge in [-0.05, 0) is 27.6 Å². The number of carbonyl (C=O) groups excluding carboxylic acids is 1. The van der Waals surface area contributed by atoms with Crippen molar-refractivity contribution in [1.82, 2.24) is 9.97 Å². The van der Waals surface area contributed by atoms with Crippen LogP contribution in [-0.4, -0.2) is 43.6 Å². The van der Waals surface area contributed by atoms with Crippen LogP contribution in [0.1, 0.15) is 15.9 Å². The normalized spacial score (nSPS) is 13.0. The number of methoxy groups -OCH3 is 3. The summed E-state index contributed by atoms with van der Waals surface area (Å²) in [6.07, 6.45) is 0. The molecule has 0 saturated carbocycles. The third-order valence-corrected chi connectivity index (χ3v) is 4.97. The van der Waals surface area contributed by atoms with E-state index in [9.17, 15) is 4.79 Å². The Morgan fingerprint density at radius 3 is 2.54 bits per heavy atom. The van der Waals surface area contributed by atoms with E-state index in [1.165, 1.54) is 21.3 Å². The van der Waals surface area contributed by atoms with E-state index < -0.39 is 0 Å². The molecule has 0 unspecified atom stereocenters. The summed E-state index contributed by atoms with van der Waals surface area (Å²) >= 11 is 9.76. The zero-order valence-electron chi connectivity index (χ0n) is 14.3. The lowest BCUT2D eigenvalue weighted by Crippen LogP contribution is -2.23. The van der Waals surface area contributed by atoms with Crippen molar-refractivity contribution in [2.75, 3.05) is 38.5 Å². The summed E-state index contributed by atoms with van der Waals surface area (Å²) < 4.78 is 16.4. The molecule has 0 saturated heterocycles. The molecule has 0 fully saturated rings. The van der Waals surface area contributed by atoms with Gasteiger partial charge in [-0.2, -0.15) is 4.98 Å². The van der Waals surface area contributed by atoms with E-state index in [-0.39, 0.29) is 18.3 Å². The third-order valence-electron chi connectivity index (χ3n) is 3.98. The second kappa shape index (κ2) is 7.16. The molecule has 0 aliphatic carbocycles. The second-order valence-corrected chi connectivity index (χ2v) is 6.60. The van der Waals surface area contributed by atoms with Crippen LogP contribution in [0.3, 0.4) is 0 Å². The highest BCUT2D eigenvalue weighted by atomic mass is 79.9. The Labute approximate surface area is 163 Å². The van der Waals surface area contributed by atoms with E-state index in [2.05, 4.69) is 25.9 Å². The first-order chi connectivity index (χ1) is 12.4. The second-order valence-electron chi connectivity index (χ2n) is 5.47. The van der Waals surface area contributed by atoms with Gasteiger partial charge in [0.25, 0.3) is 0 Å². The van der Waals surface area contributed by atoms with Crippen molar-refractivity contribution in [2.24, 2.45) is 0 Å². The predicted molar refractivity (Wildman–Crippen MR) is 101 cm³/mol. The molecule has 0 atom stereocenters. The van der Waals surface area contributed by atoms with Gasteiger partial charge in [0.15, 0.2) is 17.3 Å². The van der Waals surface area contributed by atoms with E-state index >= 15 is 0 Å². The fraction of sp³-hybridized carbons (Fsp3) is 0.312. The maximum atomic E-state index is 12.3. The summed E-state index contributed by atoms with van der Waals surface area (Å²) in [4.78, 5) is 22.3. The van der Waals surface area contributed by atoms with Crippen LogP contribution in [0.4, 0.5) is 11.8 Å². The van der Waals surface area contributed by atoms with Crippen LogP contribution < -0.4 is 24.8 Å². The Morgan fingerprint density at radius 1 is 1.23 bits per heavy atom. The molecule has 0 spiro atoms. The number of halogens is 2. The minimum absolute atomic E-state index is 0.0753. The molecule has 2 aromatic rings. The van der Waals surface area contributed by atoms with Gasteiger partial charge in [-0.25, -0.2) is 4.98 Å². The number of Topliss-reactive ketones (excluding diaryl/α,β-unsaturated/α-hetero) is 1. The molecular weight excluding hydrogens is 428 g/mol. The molecule has 0 radical (unpaired) electrons. The van der Waals surface area contributed by atoms with E-state index in [0.717, 1.165) is 0 Å². The van der Waals surface area contributed by atoms with Gasteiger partial charge >= 0.3 is 0 Å². The third kappa shape index (κ3) is 3.01. The first-order valence-electron chi connectivity index (χ1n) is 7.49. The molecule has 1 aromatic heterocycles. The number of aromatic nitrogens is 2. The molecule has 26 heavy (non-hydrogen) atoms. The van der Waals surface area contributed by atoms with Crippen LogP contribution >= 0.6 is 27.5 Å². The molecule has 2 N–H and O–H groups in total. The van der Waals surface area contributed by atoms with Crippen molar-refractivity contribution in [2.45, 2.75) is 6.54 Å². The van der Waals surface area contributed by atoms with Crippen molar-refractivity contribution < 1.29 is 19.0 Å². The van der Waals surface area contributed by atoms with E-state index in [1.807, 2.05) is 0 Å². The lowest BCUT2D eigenvalue weighted by molar-refractivity contribution is 0.101. The molecule has 10 heteroatoms. The van der Waals surface area contributed by atoms with Crippen molar-refractivity contribution in [1.29, 1.82) is 0 Å². The van der Waals surface area contributed by atoms with Crippen LogP contribution in [0.25, 0.3) is 0 Å². The molecule has 0 bridgehead atoms. The van der Waals surface area contributed by atoms with Crippen LogP contribution in [0.15, 0.2) is 10.7 Å². The highest BCUT2D eigenvalue weighted by Crippen LogP contribution is 2.45. The monoisotopic (exact) mass is 442 g/mol. The number of benzene rings is 1. The minimum atomic E-state index is -0.101. The number of anilines is 2. The number of carbonyl (C=O) groups is 1. The number of nitrogen functional groups attached to an aromatic ring is 1. The van der Waals surface area contributed by atoms with Gasteiger partial charge in [-0.3, -0.25) is 4.79 Å². The SMILES string of the molecule is COc1cc(CN2CC(=O)c3c(Br)nc(N)nc32)c(Cl)c(OC)c1OC. The van der Waals surface area contributed by atoms with Gasteiger partial charge in [0, 0.05) is 6.54 Å². The fourth-order valence-electron chi connectivity index (χ4n) is 2.86. The average molecular weight is 444 g/mol. The lowest BCUT2D eigenvalue weighted by Gasteiger charge is -2.21. The van der Waals surface area contributed by atoms with Gasteiger partial charge < -0.3 is 24.8 Å². The van der Waals surface area contributed by atoms with Crippen molar-refractivity contribution in [3.05, 3.63) is 26.8 Å². The Kier molecular flexibility index (Phi) is 5.10. The number of hydrogen-bond donors (Lipinski definition) is 1. The summed E-state index contributed by atoms with van der Waals surface area (Å²) in [5, 5.41) is 0.368. The Morgan fingerprint density at radius 2 is 1.92 bits per heavy atom. The summed E-state index contributed by atoms with van der Waals surface area (Å²) in [7, 11) is 4.52. The highest BCUT2D eigenvalue weighted by molar-refractivity contribution is 9.10. The van der Waals surface area contributed by atoms with Crippen molar-refractivity contribution >= 4 is 45.1 Å². The zero-order valence-corrected chi connectivity index (χ0v) is 16.6. The quantitative estimate of drug-likeness (QED) is 0.704. The minimum Gasteiger partial charge on any atom is -0.493 e. The number of rotatable bonds is 5. The molecular formula is C16H16BrClN4O4. The summed E-state index contributed by atoms with van der Waals surface area (Å²) in [5.41, 5.74) is 6.81. The van der Waals surface area contributed by atoms with Crippen LogP contribution in [-0.2, 0) is 6.54 Å². The predicted octanol–water partition coefficient (Wildman–Crippen LogP) is 2.70. The lowest BCUT2D eigenvalue weighted by atomic mass is 10.1. The smallest absolute Gasteiger partial charge is 0.223 e. The molecule has 138 valence electrons. The van der Waals surface area contributed by atoms with Crippen LogP contribution in [0.2, 0.25) is 5.02 Å². The molecule has 1 aromatic carbocycles. The van der Waals surface area contributed by atoms with Gasteiger partial charge in [-0.1, -0.05) is 11.6 Å². The van der Waals surface area contributed by atoms with E-state index in [0.29, 0.717) is 50.4 Å². The van der Waals surface area contributed by atoms with E-state index in [4.69, 9.17) is 31.5 Å². The maximum Gasteiger partial charge on any atom is 0.223 e. The molecule has 1 aliphatic rings. The number of ketones is 1. The van der Waals surface area contributed by atoms with Crippen LogP contribution in [0, 0.1) is 0 Å². The molecule has 0 amide bonds. The molecule has 2 heterocycles. The Hall–Kier alpha value is -2.26. The summed E-state index contributed by atoms with van der Waals surface area (Å²) in [6, 6.07) is 1.74. The standard InChI is InChI=1S/C16H16BrClN4O4/c1-24-9-4-7(11(18)13(26-3)12(9)25-2)5-22-6-8(23)10-14(17)20-16(19)21-15(10)22/h4H,5-6H2,1-3H3,(H2,19,20,21). The topological polar surface area (TPSA) is 99.8 Å². The highest BCUT2D eigenvalue weighted by Gasteiger charge is 2.33. The van der Waals surface area contributed by atoms with Gasteiger partial charge in [0.2, 0.25) is 11.7 Å². The zero-order chi connectivity index (χ0) is 19.0. The average Bonchev–Trinajstić information content (AvgIpc) is 2.91. The Balaban J connectivity index is 2.05. The first-order valence-corrected chi connectivity index (χ1v) is 8.66. The van der Waals surface area contributed by atoms with Gasteiger partial charge in [0.1, 0.15) is 10.4 Å². The Bertz CT molecular complexity index is 893. The fourth-order valence-corrected chi connectivity index (χ4v) is 3.71. The number of nitrogens with zero attached hydrogens (tertiary/aromatic N) is 3. The van der Waals surface area contributed by atoms with Gasteiger partial charge in [0.05, 0.1) is 38.5 Å².